The largest absolute Gasteiger partial charge is 0.461 e. The monoisotopic (exact) mass is 210 g/mol. The van der Waals surface area contributed by atoms with E-state index in [1.54, 1.807) is 0 Å². The minimum atomic E-state index is -0.156. The Morgan fingerprint density at radius 2 is 1.67 bits per heavy atom. The number of hydrogen-bond acceptors (Lipinski definition) is 2. The molecule has 1 heterocycles. The second-order valence-electron chi connectivity index (χ2n) is 6.07. The lowest BCUT2D eigenvalue weighted by atomic mass is 9.80. The summed E-state index contributed by atoms with van der Waals surface area (Å²) in [7, 11) is 0.0477. The Labute approximate surface area is 93.9 Å². The molecule has 2 atom stereocenters. The fraction of sp³-hybridized carbons (Fsp3) is 1.00. The lowest BCUT2D eigenvalue weighted by Gasteiger charge is -2.32. The summed E-state index contributed by atoms with van der Waals surface area (Å²) in [4.78, 5) is 0. The van der Waals surface area contributed by atoms with Crippen LogP contribution < -0.4 is 0 Å². The van der Waals surface area contributed by atoms with E-state index in [9.17, 15) is 0 Å². The van der Waals surface area contributed by atoms with Crippen LogP contribution in [0.5, 0.6) is 0 Å². The first-order valence-corrected chi connectivity index (χ1v) is 6.23. The van der Waals surface area contributed by atoms with Crippen LogP contribution in [-0.2, 0) is 9.31 Å². The zero-order valence-electron chi connectivity index (χ0n) is 10.7. The molecule has 2 unspecified atom stereocenters. The van der Waals surface area contributed by atoms with E-state index >= 15 is 0 Å². The molecular formula is C12H23BO2. The average Bonchev–Trinajstić information content (AvgIpc) is 2.77. The SMILES string of the molecule is CCCC1CC1B1OC(C)(C)C(C)(C)O1. The molecular weight excluding hydrogens is 187 g/mol. The van der Waals surface area contributed by atoms with E-state index in [1.165, 1.54) is 19.3 Å². The molecule has 2 nitrogen and oxygen atoms in total. The van der Waals surface area contributed by atoms with Crippen molar-refractivity contribution in [1.29, 1.82) is 0 Å². The second kappa shape index (κ2) is 3.49. The Hall–Kier alpha value is -0.0151. The Morgan fingerprint density at radius 3 is 2.13 bits per heavy atom. The van der Waals surface area contributed by atoms with Gasteiger partial charge in [0.2, 0.25) is 0 Å². The Balaban J connectivity index is 1.94. The van der Waals surface area contributed by atoms with Crippen molar-refractivity contribution < 1.29 is 9.31 Å². The van der Waals surface area contributed by atoms with E-state index in [-0.39, 0.29) is 18.3 Å². The van der Waals surface area contributed by atoms with Gasteiger partial charge in [-0.3, -0.25) is 0 Å². The summed E-state index contributed by atoms with van der Waals surface area (Å²) >= 11 is 0. The van der Waals surface area contributed by atoms with E-state index in [1.807, 2.05) is 0 Å². The van der Waals surface area contributed by atoms with Crippen LogP contribution in [-0.4, -0.2) is 18.3 Å². The highest BCUT2D eigenvalue weighted by molar-refractivity contribution is 6.48. The molecule has 15 heavy (non-hydrogen) atoms. The van der Waals surface area contributed by atoms with Crippen LogP contribution in [0.2, 0.25) is 5.82 Å². The smallest absolute Gasteiger partial charge is 0.403 e. The van der Waals surface area contributed by atoms with Gasteiger partial charge in [0.1, 0.15) is 0 Å². The first-order valence-electron chi connectivity index (χ1n) is 6.23. The molecule has 0 aromatic heterocycles. The van der Waals surface area contributed by atoms with Gasteiger partial charge in [-0.1, -0.05) is 19.8 Å². The average molecular weight is 210 g/mol. The highest BCUT2D eigenvalue weighted by Crippen LogP contribution is 2.54. The maximum Gasteiger partial charge on any atom is 0.461 e. The number of hydrogen-bond donors (Lipinski definition) is 0. The lowest BCUT2D eigenvalue weighted by molar-refractivity contribution is 0.00578. The summed E-state index contributed by atoms with van der Waals surface area (Å²) in [6.07, 6.45) is 3.90. The highest BCUT2D eigenvalue weighted by Gasteiger charge is 2.59. The van der Waals surface area contributed by atoms with Crippen LogP contribution in [0.15, 0.2) is 0 Å². The molecule has 1 aliphatic heterocycles. The Kier molecular flexibility index (Phi) is 2.67. The van der Waals surface area contributed by atoms with Gasteiger partial charge in [0.15, 0.2) is 0 Å². The summed E-state index contributed by atoms with van der Waals surface area (Å²) in [5, 5.41) is 0. The molecule has 0 bridgehead atoms. The normalized spacial score (nSPS) is 37.0. The van der Waals surface area contributed by atoms with Crippen molar-refractivity contribution in [2.45, 2.75) is 70.9 Å². The molecule has 1 saturated carbocycles. The van der Waals surface area contributed by atoms with Gasteiger partial charge in [-0.05, 0) is 45.9 Å². The summed E-state index contributed by atoms with van der Waals surface area (Å²) in [5.41, 5.74) is -0.311. The Morgan fingerprint density at radius 1 is 1.13 bits per heavy atom. The molecule has 86 valence electrons. The maximum atomic E-state index is 6.04. The van der Waals surface area contributed by atoms with Crippen LogP contribution in [0.1, 0.15) is 53.9 Å². The van der Waals surface area contributed by atoms with Crippen LogP contribution >= 0.6 is 0 Å². The van der Waals surface area contributed by atoms with Crippen molar-refractivity contribution in [2.75, 3.05) is 0 Å². The summed E-state index contributed by atoms with van der Waals surface area (Å²) in [6.45, 7) is 10.8. The zero-order chi connectivity index (χ0) is 11.3. The third-order valence-electron chi connectivity index (χ3n) is 4.26. The predicted molar refractivity (Wildman–Crippen MR) is 62.8 cm³/mol. The van der Waals surface area contributed by atoms with Gasteiger partial charge in [0, 0.05) is 0 Å². The molecule has 0 amide bonds. The molecule has 0 aromatic rings. The second-order valence-corrected chi connectivity index (χ2v) is 6.07. The molecule has 0 aromatic carbocycles. The van der Waals surface area contributed by atoms with E-state index in [0.717, 1.165) is 5.92 Å². The van der Waals surface area contributed by atoms with Crippen molar-refractivity contribution in [1.82, 2.24) is 0 Å². The van der Waals surface area contributed by atoms with Crippen LogP contribution in [0.3, 0.4) is 0 Å². The summed E-state index contributed by atoms with van der Waals surface area (Å²) < 4.78 is 12.1. The van der Waals surface area contributed by atoms with Crippen molar-refractivity contribution >= 4 is 7.12 Å². The fourth-order valence-corrected chi connectivity index (χ4v) is 2.37. The van der Waals surface area contributed by atoms with Gasteiger partial charge in [-0.15, -0.1) is 0 Å². The van der Waals surface area contributed by atoms with E-state index < -0.39 is 0 Å². The van der Waals surface area contributed by atoms with Crippen molar-refractivity contribution in [3.8, 4) is 0 Å². The van der Waals surface area contributed by atoms with Gasteiger partial charge >= 0.3 is 7.12 Å². The zero-order valence-corrected chi connectivity index (χ0v) is 10.7. The van der Waals surface area contributed by atoms with Gasteiger partial charge < -0.3 is 9.31 Å². The van der Waals surface area contributed by atoms with Gasteiger partial charge in [-0.25, -0.2) is 0 Å². The molecule has 2 aliphatic rings. The van der Waals surface area contributed by atoms with Gasteiger partial charge in [0.05, 0.1) is 11.2 Å². The van der Waals surface area contributed by atoms with Gasteiger partial charge in [-0.2, -0.15) is 0 Å². The number of rotatable bonds is 3. The summed E-state index contributed by atoms with van der Waals surface area (Å²) in [5.74, 6) is 1.51. The van der Waals surface area contributed by atoms with Crippen molar-refractivity contribution in [3.63, 3.8) is 0 Å². The lowest BCUT2D eigenvalue weighted by Crippen LogP contribution is -2.41. The van der Waals surface area contributed by atoms with Crippen LogP contribution in [0, 0.1) is 5.92 Å². The Bertz CT molecular complexity index is 234. The third-order valence-corrected chi connectivity index (χ3v) is 4.26. The minimum Gasteiger partial charge on any atom is -0.403 e. The minimum absolute atomic E-state index is 0.0477. The molecule has 1 aliphatic carbocycles. The molecule has 2 rings (SSSR count). The molecule has 1 saturated heterocycles. The molecule has 2 fully saturated rings. The first kappa shape index (κ1) is 11.5. The third kappa shape index (κ3) is 1.96. The van der Waals surface area contributed by atoms with E-state index in [0.29, 0.717) is 5.82 Å². The summed E-state index contributed by atoms with van der Waals surface area (Å²) in [6, 6.07) is 0. The molecule has 0 spiro atoms. The standard InChI is InChI=1S/C12H23BO2/c1-6-7-9-8-10(9)13-14-11(2,3)12(4,5)15-13/h9-10H,6-8H2,1-5H3. The topological polar surface area (TPSA) is 18.5 Å². The fourth-order valence-electron chi connectivity index (χ4n) is 2.37. The molecule has 0 N–H and O–H groups in total. The molecule has 3 heteroatoms. The first-order chi connectivity index (χ1) is 6.87. The predicted octanol–water partition coefficient (Wildman–Crippen LogP) is 3.27. The highest BCUT2D eigenvalue weighted by atomic mass is 16.7. The van der Waals surface area contributed by atoms with E-state index in [2.05, 4.69) is 34.6 Å². The van der Waals surface area contributed by atoms with Crippen LogP contribution in [0.4, 0.5) is 0 Å². The van der Waals surface area contributed by atoms with Crippen molar-refractivity contribution in [2.24, 2.45) is 5.92 Å². The van der Waals surface area contributed by atoms with Gasteiger partial charge in [0.25, 0.3) is 0 Å². The van der Waals surface area contributed by atoms with Crippen LogP contribution in [0.25, 0.3) is 0 Å². The van der Waals surface area contributed by atoms with E-state index in [4.69, 9.17) is 9.31 Å². The molecule has 0 radical (unpaired) electrons. The quantitative estimate of drug-likeness (QED) is 0.665. The van der Waals surface area contributed by atoms with Crippen molar-refractivity contribution in [3.05, 3.63) is 0 Å². The maximum absolute atomic E-state index is 6.04.